The molecule has 3 rings (SSSR count). The van der Waals surface area contributed by atoms with Crippen LogP contribution in [0.3, 0.4) is 0 Å². The fourth-order valence-corrected chi connectivity index (χ4v) is 2.11. The molecule has 0 radical (unpaired) electrons. The molecular weight excluding hydrogens is 210 g/mol. The average Bonchev–Trinajstić information content (AvgIpc) is 3.20. The van der Waals surface area contributed by atoms with E-state index < -0.39 is 0 Å². The molecule has 1 atom stereocenters. The molecule has 88 valence electrons. The second-order valence-corrected chi connectivity index (χ2v) is 4.82. The van der Waals surface area contributed by atoms with E-state index in [1.807, 2.05) is 18.2 Å². The van der Waals surface area contributed by atoms with Gasteiger partial charge in [-0.3, -0.25) is 0 Å². The first-order chi connectivity index (χ1) is 8.33. The van der Waals surface area contributed by atoms with Crippen molar-refractivity contribution in [2.75, 3.05) is 6.61 Å². The standard InChI is InChI=1S/C15H17NO/c16-15(12-5-6-12)10-17-14-8-7-11-3-1-2-4-13(11)9-14/h1-4,7-9,12,15H,5-6,10,16H2/t15-/m0/s1. The van der Waals surface area contributed by atoms with E-state index in [0.717, 1.165) is 5.75 Å². The van der Waals surface area contributed by atoms with E-state index >= 15 is 0 Å². The van der Waals surface area contributed by atoms with Crippen LogP contribution in [0.25, 0.3) is 10.8 Å². The van der Waals surface area contributed by atoms with Crippen LogP contribution in [0.4, 0.5) is 0 Å². The molecule has 17 heavy (non-hydrogen) atoms. The first-order valence-electron chi connectivity index (χ1n) is 6.20. The predicted octanol–water partition coefficient (Wildman–Crippen LogP) is 2.96. The van der Waals surface area contributed by atoms with Crippen molar-refractivity contribution in [3.63, 3.8) is 0 Å². The van der Waals surface area contributed by atoms with Crippen LogP contribution in [0.2, 0.25) is 0 Å². The molecule has 0 aromatic heterocycles. The Morgan fingerprint density at radius 1 is 1.12 bits per heavy atom. The van der Waals surface area contributed by atoms with Gasteiger partial charge in [0.15, 0.2) is 0 Å². The molecule has 1 aliphatic rings. The van der Waals surface area contributed by atoms with Crippen molar-refractivity contribution < 1.29 is 4.74 Å². The largest absolute Gasteiger partial charge is 0.492 e. The zero-order valence-electron chi connectivity index (χ0n) is 9.80. The van der Waals surface area contributed by atoms with E-state index in [0.29, 0.717) is 12.5 Å². The number of benzene rings is 2. The molecule has 2 nitrogen and oxygen atoms in total. The van der Waals surface area contributed by atoms with Gasteiger partial charge in [-0.1, -0.05) is 30.3 Å². The van der Waals surface area contributed by atoms with Gasteiger partial charge in [-0.25, -0.2) is 0 Å². The van der Waals surface area contributed by atoms with E-state index in [1.165, 1.54) is 23.6 Å². The van der Waals surface area contributed by atoms with Gasteiger partial charge in [0.2, 0.25) is 0 Å². The second-order valence-electron chi connectivity index (χ2n) is 4.82. The molecule has 0 unspecified atom stereocenters. The Bertz CT molecular complexity index is 519. The van der Waals surface area contributed by atoms with Gasteiger partial charge in [0, 0.05) is 6.04 Å². The van der Waals surface area contributed by atoms with Crippen LogP contribution in [0.5, 0.6) is 5.75 Å². The summed E-state index contributed by atoms with van der Waals surface area (Å²) in [5.41, 5.74) is 6.01. The second kappa shape index (κ2) is 4.38. The van der Waals surface area contributed by atoms with Crippen LogP contribution >= 0.6 is 0 Å². The van der Waals surface area contributed by atoms with E-state index in [4.69, 9.17) is 10.5 Å². The van der Waals surface area contributed by atoms with E-state index in [1.54, 1.807) is 0 Å². The van der Waals surface area contributed by atoms with Crippen molar-refractivity contribution in [1.82, 2.24) is 0 Å². The van der Waals surface area contributed by atoms with E-state index in [9.17, 15) is 0 Å². The van der Waals surface area contributed by atoms with Gasteiger partial charge in [0.25, 0.3) is 0 Å². The van der Waals surface area contributed by atoms with Crippen molar-refractivity contribution in [1.29, 1.82) is 0 Å². The van der Waals surface area contributed by atoms with E-state index in [-0.39, 0.29) is 6.04 Å². The molecule has 2 N–H and O–H groups in total. The monoisotopic (exact) mass is 227 g/mol. The highest BCUT2D eigenvalue weighted by Crippen LogP contribution is 2.31. The quantitative estimate of drug-likeness (QED) is 0.871. The lowest BCUT2D eigenvalue weighted by molar-refractivity contribution is 0.276. The summed E-state index contributed by atoms with van der Waals surface area (Å²) < 4.78 is 5.75. The molecule has 0 heterocycles. The Balaban J connectivity index is 1.71. The predicted molar refractivity (Wildman–Crippen MR) is 70.1 cm³/mol. The summed E-state index contributed by atoms with van der Waals surface area (Å²) in [7, 11) is 0. The Hall–Kier alpha value is -1.54. The highest BCUT2D eigenvalue weighted by molar-refractivity contribution is 5.83. The van der Waals surface area contributed by atoms with Crippen LogP contribution in [-0.2, 0) is 0 Å². The molecule has 0 saturated heterocycles. The summed E-state index contributed by atoms with van der Waals surface area (Å²) in [6.45, 7) is 0.628. The molecule has 0 bridgehead atoms. The smallest absolute Gasteiger partial charge is 0.120 e. The Labute approximate surface area is 101 Å². The zero-order valence-corrected chi connectivity index (χ0v) is 9.80. The number of fused-ring (bicyclic) bond motifs is 1. The minimum atomic E-state index is 0.196. The summed E-state index contributed by atoms with van der Waals surface area (Å²) >= 11 is 0. The summed E-state index contributed by atoms with van der Waals surface area (Å²) in [6.07, 6.45) is 2.53. The Kier molecular flexibility index (Phi) is 2.73. The number of nitrogens with two attached hydrogens (primary N) is 1. The molecular formula is C15H17NO. The van der Waals surface area contributed by atoms with Gasteiger partial charge in [0.05, 0.1) is 0 Å². The SMILES string of the molecule is N[C@@H](COc1ccc2ccccc2c1)C1CC1. The third-order valence-corrected chi connectivity index (χ3v) is 3.39. The number of hydrogen-bond donors (Lipinski definition) is 1. The third-order valence-electron chi connectivity index (χ3n) is 3.39. The van der Waals surface area contributed by atoms with Crippen LogP contribution in [0.1, 0.15) is 12.8 Å². The molecule has 0 spiro atoms. The molecule has 1 fully saturated rings. The van der Waals surface area contributed by atoms with E-state index in [2.05, 4.69) is 24.3 Å². The summed E-state index contributed by atoms with van der Waals surface area (Å²) in [6, 6.07) is 14.7. The van der Waals surface area contributed by atoms with Gasteiger partial charge in [-0.15, -0.1) is 0 Å². The van der Waals surface area contributed by atoms with Gasteiger partial charge >= 0.3 is 0 Å². The molecule has 0 amide bonds. The van der Waals surface area contributed by atoms with Gasteiger partial charge in [0.1, 0.15) is 12.4 Å². The van der Waals surface area contributed by atoms with Gasteiger partial charge < -0.3 is 10.5 Å². The van der Waals surface area contributed by atoms with Crippen LogP contribution in [0.15, 0.2) is 42.5 Å². The van der Waals surface area contributed by atoms with Gasteiger partial charge in [-0.05, 0) is 41.7 Å². The number of rotatable bonds is 4. The maximum atomic E-state index is 6.01. The lowest BCUT2D eigenvalue weighted by Crippen LogP contribution is -2.29. The molecule has 1 saturated carbocycles. The molecule has 1 aliphatic carbocycles. The fraction of sp³-hybridized carbons (Fsp3) is 0.333. The summed E-state index contributed by atoms with van der Waals surface area (Å²) in [5, 5.41) is 2.45. The molecule has 2 aromatic rings. The maximum absolute atomic E-state index is 6.01. The molecule has 2 heteroatoms. The maximum Gasteiger partial charge on any atom is 0.120 e. The lowest BCUT2D eigenvalue weighted by Gasteiger charge is -2.12. The highest BCUT2D eigenvalue weighted by atomic mass is 16.5. The average molecular weight is 227 g/mol. The molecule has 2 aromatic carbocycles. The van der Waals surface area contributed by atoms with Crippen molar-refractivity contribution in [3.05, 3.63) is 42.5 Å². The Morgan fingerprint density at radius 3 is 2.65 bits per heavy atom. The number of ether oxygens (including phenoxy) is 1. The Morgan fingerprint density at radius 2 is 1.88 bits per heavy atom. The third kappa shape index (κ3) is 2.42. The zero-order chi connectivity index (χ0) is 11.7. The van der Waals surface area contributed by atoms with Crippen molar-refractivity contribution >= 4 is 10.8 Å². The highest BCUT2D eigenvalue weighted by Gasteiger charge is 2.28. The van der Waals surface area contributed by atoms with Crippen LogP contribution < -0.4 is 10.5 Å². The first kappa shape index (κ1) is 10.6. The van der Waals surface area contributed by atoms with Gasteiger partial charge in [-0.2, -0.15) is 0 Å². The topological polar surface area (TPSA) is 35.2 Å². The minimum absolute atomic E-state index is 0.196. The lowest BCUT2D eigenvalue weighted by atomic mass is 10.1. The minimum Gasteiger partial charge on any atom is -0.492 e. The molecule has 0 aliphatic heterocycles. The first-order valence-corrected chi connectivity index (χ1v) is 6.20. The summed E-state index contributed by atoms with van der Waals surface area (Å²) in [5.74, 6) is 1.61. The van der Waals surface area contributed by atoms with Crippen molar-refractivity contribution in [2.45, 2.75) is 18.9 Å². The van der Waals surface area contributed by atoms with Crippen molar-refractivity contribution in [2.24, 2.45) is 11.7 Å². The van der Waals surface area contributed by atoms with Crippen LogP contribution in [-0.4, -0.2) is 12.6 Å². The number of hydrogen-bond acceptors (Lipinski definition) is 2. The fourth-order valence-electron chi connectivity index (χ4n) is 2.11. The summed E-state index contributed by atoms with van der Waals surface area (Å²) in [4.78, 5) is 0. The normalized spacial score (nSPS) is 17.0. The van der Waals surface area contributed by atoms with Crippen LogP contribution in [0, 0.1) is 5.92 Å². The van der Waals surface area contributed by atoms with Crippen molar-refractivity contribution in [3.8, 4) is 5.75 Å².